The summed E-state index contributed by atoms with van der Waals surface area (Å²) in [5, 5.41) is 22.1. The highest BCUT2D eigenvalue weighted by atomic mass is 32.2. The molecule has 144 valence electrons. The number of benzene rings is 1. The number of hydrogen-bond acceptors (Lipinski definition) is 8. The molecule has 29 heavy (non-hydrogen) atoms. The first-order valence-electron chi connectivity index (χ1n) is 8.68. The van der Waals surface area contributed by atoms with E-state index < -0.39 is 5.82 Å². The standard InChI is InChI=1S/C19H14FN7OS/c1-2-27-17(13-5-7-22-8-6-13)24-25-19(27)29-11-16-23-18(28-26-16)14-9-12(10-21)3-4-15(14)20/h3-9H,2,11H2,1H3. The molecule has 0 radical (unpaired) electrons. The average Bonchev–Trinajstić information content (AvgIpc) is 3.40. The molecule has 0 saturated carbocycles. The lowest BCUT2D eigenvalue weighted by Crippen LogP contribution is -2.00. The van der Waals surface area contributed by atoms with Crippen molar-refractivity contribution in [2.45, 2.75) is 24.4 Å². The van der Waals surface area contributed by atoms with Crippen molar-refractivity contribution in [1.29, 1.82) is 5.26 Å². The number of halogens is 1. The molecule has 1 aromatic carbocycles. The molecule has 4 aromatic rings. The van der Waals surface area contributed by atoms with Gasteiger partial charge in [0.1, 0.15) is 5.82 Å². The molecule has 0 fully saturated rings. The summed E-state index contributed by atoms with van der Waals surface area (Å²) in [4.78, 5) is 8.26. The summed E-state index contributed by atoms with van der Waals surface area (Å²) in [7, 11) is 0. The third-order valence-electron chi connectivity index (χ3n) is 4.10. The molecule has 10 heteroatoms. The zero-order valence-corrected chi connectivity index (χ0v) is 16.1. The van der Waals surface area contributed by atoms with Crippen molar-refractivity contribution in [3.8, 4) is 28.9 Å². The summed E-state index contributed by atoms with van der Waals surface area (Å²) >= 11 is 1.40. The van der Waals surface area contributed by atoms with E-state index in [0.29, 0.717) is 28.8 Å². The molecule has 0 aliphatic carbocycles. The van der Waals surface area contributed by atoms with Crippen LogP contribution in [0.4, 0.5) is 4.39 Å². The van der Waals surface area contributed by atoms with E-state index in [-0.39, 0.29) is 11.5 Å². The fourth-order valence-corrected chi connectivity index (χ4v) is 3.55. The van der Waals surface area contributed by atoms with Crippen LogP contribution >= 0.6 is 11.8 Å². The average molecular weight is 407 g/mol. The zero-order valence-electron chi connectivity index (χ0n) is 15.3. The Morgan fingerprint density at radius 1 is 1.21 bits per heavy atom. The molecular formula is C19H14FN7OS. The number of nitriles is 1. The van der Waals surface area contributed by atoms with Crippen LogP contribution in [0, 0.1) is 17.1 Å². The summed E-state index contributed by atoms with van der Waals surface area (Å²) in [6.45, 7) is 2.70. The van der Waals surface area contributed by atoms with Gasteiger partial charge in [0.05, 0.1) is 22.9 Å². The van der Waals surface area contributed by atoms with E-state index in [2.05, 4.69) is 25.3 Å². The second kappa shape index (κ2) is 8.20. The monoisotopic (exact) mass is 407 g/mol. The maximum atomic E-state index is 14.0. The minimum absolute atomic E-state index is 0.0321. The van der Waals surface area contributed by atoms with Crippen LogP contribution in [0.2, 0.25) is 0 Å². The van der Waals surface area contributed by atoms with Crippen LogP contribution in [-0.2, 0) is 12.3 Å². The van der Waals surface area contributed by atoms with Crippen molar-refractivity contribution in [3.63, 3.8) is 0 Å². The Hall–Kier alpha value is -3.58. The van der Waals surface area contributed by atoms with Gasteiger partial charge in [-0.2, -0.15) is 10.2 Å². The molecule has 8 nitrogen and oxygen atoms in total. The molecule has 0 unspecified atom stereocenters. The number of thioether (sulfide) groups is 1. The third-order valence-corrected chi connectivity index (χ3v) is 5.06. The Kier molecular flexibility index (Phi) is 5.31. The summed E-state index contributed by atoms with van der Waals surface area (Å²) in [5.41, 5.74) is 1.34. The molecule has 0 saturated heterocycles. The van der Waals surface area contributed by atoms with Crippen molar-refractivity contribution in [3.05, 3.63) is 59.9 Å². The van der Waals surface area contributed by atoms with Gasteiger partial charge in [-0.25, -0.2) is 4.39 Å². The molecular weight excluding hydrogens is 393 g/mol. The Bertz CT molecular complexity index is 1180. The topological polar surface area (TPSA) is 106 Å². The molecule has 0 aliphatic heterocycles. The van der Waals surface area contributed by atoms with Gasteiger partial charge >= 0.3 is 0 Å². The number of nitrogens with zero attached hydrogens (tertiary/aromatic N) is 7. The van der Waals surface area contributed by atoms with Crippen molar-refractivity contribution in [2.24, 2.45) is 0 Å². The second-order valence-electron chi connectivity index (χ2n) is 5.90. The van der Waals surface area contributed by atoms with E-state index in [9.17, 15) is 4.39 Å². The Morgan fingerprint density at radius 2 is 2.03 bits per heavy atom. The highest BCUT2D eigenvalue weighted by Gasteiger charge is 2.17. The highest BCUT2D eigenvalue weighted by molar-refractivity contribution is 7.98. The van der Waals surface area contributed by atoms with E-state index in [1.165, 1.54) is 30.0 Å². The van der Waals surface area contributed by atoms with Gasteiger partial charge < -0.3 is 9.09 Å². The predicted molar refractivity (Wildman–Crippen MR) is 103 cm³/mol. The lowest BCUT2D eigenvalue weighted by atomic mass is 10.1. The fourth-order valence-electron chi connectivity index (χ4n) is 2.70. The first-order chi connectivity index (χ1) is 14.2. The van der Waals surface area contributed by atoms with Crippen LogP contribution in [0.25, 0.3) is 22.8 Å². The lowest BCUT2D eigenvalue weighted by molar-refractivity contribution is 0.422. The Morgan fingerprint density at radius 3 is 2.79 bits per heavy atom. The van der Waals surface area contributed by atoms with Gasteiger partial charge in [0, 0.05) is 24.5 Å². The predicted octanol–water partition coefficient (Wildman–Crippen LogP) is 3.71. The maximum absolute atomic E-state index is 14.0. The summed E-state index contributed by atoms with van der Waals surface area (Å²) in [6.07, 6.45) is 3.41. The maximum Gasteiger partial charge on any atom is 0.260 e. The van der Waals surface area contributed by atoms with Gasteiger partial charge in [-0.1, -0.05) is 16.9 Å². The molecule has 0 bridgehead atoms. The first kappa shape index (κ1) is 18.8. The fraction of sp³-hybridized carbons (Fsp3) is 0.158. The number of rotatable bonds is 6. The number of pyridine rings is 1. The molecule has 0 amide bonds. The zero-order chi connectivity index (χ0) is 20.2. The Labute approximate surface area is 169 Å². The van der Waals surface area contributed by atoms with E-state index in [1.807, 2.05) is 29.7 Å². The van der Waals surface area contributed by atoms with Crippen molar-refractivity contribution >= 4 is 11.8 Å². The first-order valence-corrected chi connectivity index (χ1v) is 9.67. The van der Waals surface area contributed by atoms with Crippen molar-refractivity contribution in [2.75, 3.05) is 0 Å². The molecule has 4 rings (SSSR count). The highest BCUT2D eigenvalue weighted by Crippen LogP contribution is 2.27. The largest absolute Gasteiger partial charge is 0.334 e. The molecule has 3 heterocycles. The molecule has 0 aliphatic rings. The summed E-state index contributed by atoms with van der Waals surface area (Å²) in [5.74, 6) is 1.02. The quantitative estimate of drug-likeness (QED) is 0.445. The van der Waals surface area contributed by atoms with Gasteiger partial charge in [-0.05, 0) is 37.3 Å². The molecule has 0 atom stereocenters. The van der Waals surface area contributed by atoms with Crippen LogP contribution in [-0.4, -0.2) is 29.9 Å². The van der Waals surface area contributed by atoms with E-state index in [0.717, 1.165) is 11.4 Å². The van der Waals surface area contributed by atoms with Gasteiger partial charge in [-0.3, -0.25) is 4.98 Å². The molecule has 0 N–H and O–H groups in total. The van der Waals surface area contributed by atoms with Gasteiger partial charge in [0.15, 0.2) is 16.8 Å². The molecule has 0 spiro atoms. The normalized spacial score (nSPS) is 10.8. The third kappa shape index (κ3) is 3.86. The molecule has 3 aromatic heterocycles. The van der Waals surface area contributed by atoms with Crippen molar-refractivity contribution in [1.82, 2.24) is 29.9 Å². The van der Waals surface area contributed by atoms with Crippen LogP contribution in [0.3, 0.4) is 0 Å². The minimum Gasteiger partial charge on any atom is -0.334 e. The van der Waals surface area contributed by atoms with Crippen LogP contribution < -0.4 is 0 Å². The summed E-state index contributed by atoms with van der Waals surface area (Å²) in [6, 6.07) is 9.70. The SMILES string of the molecule is CCn1c(SCc2noc(-c3cc(C#N)ccc3F)n2)nnc1-c1ccncc1. The second-order valence-corrected chi connectivity index (χ2v) is 6.84. The smallest absolute Gasteiger partial charge is 0.260 e. The van der Waals surface area contributed by atoms with Crippen LogP contribution in [0.5, 0.6) is 0 Å². The van der Waals surface area contributed by atoms with Crippen LogP contribution in [0.1, 0.15) is 18.3 Å². The van der Waals surface area contributed by atoms with Crippen molar-refractivity contribution < 1.29 is 8.91 Å². The number of aromatic nitrogens is 6. The van der Waals surface area contributed by atoms with Crippen LogP contribution in [0.15, 0.2) is 52.4 Å². The van der Waals surface area contributed by atoms with Gasteiger partial charge in [0.25, 0.3) is 5.89 Å². The lowest BCUT2D eigenvalue weighted by Gasteiger charge is -2.06. The van der Waals surface area contributed by atoms with E-state index in [4.69, 9.17) is 9.78 Å². The van der Waals surface area contributed by atoms with Gasteiger partial charge in [-0.15, -0.1) is 10.2 Å². The number of hydrogen-bond donors (Lipinski definition) is 0. The van der Waals surface area contributed by atoms with Gasteiger partial charge in [0.2, 0.25) is 0 Å². The Balaban J connectivity index is 1.53. The van der Waals surface area contributed by atoms with E-state index in [1.54, 1.807) is 12.4 Å². The van der Waals surface area contributed by atoms with E-state index >= 15 is 0 Å². The minimum atomic E-state index is -0.528. The summed E-state index contributed by atoms with van der Waals surface area (Å²) < 4.78 is 21.2.